The highest BCUT2D eigenvalue weighted by Gasteiger charge is 2.31. The fraction of sp³-hybridized carbons (Fsp3) is 0.529. The molecule has 2 amide bonds. The summed E-state index contributed by atoms with van der Waals surface area (Å²) in [4.78, 5) is 38.5. The van der Waals surface area contributed by atoms with Gasteiger partial charge in [0.2, 0.25) is 5.91 Å². The van der Waals surface area contributed by atoms with Crippen molar-refractivity contribution in [2.24, 2.45) is 0 Å². The van der Waals surface area contributed by atoms with Crippen molar-refractivity contribution in [3.05, 3.63) is 34.4 Å². The van der Waals surface area contributed by atoms with Gasteiger partial charge in [0.1, 0.15) is 0 Å². The Morgan fingerprint density at radius 1 is 1.35 bits per heavy atom. The van der Waals surface area contributed by atoms with Crippen molar-refractivity contribution < 1.29 is 19.2 Å². The number of nitrogens with zero attached hydrogens (tertiary/aromatic N) is 3. The fourth-order valence-electron chi connectivity index (χ4n) is 3.40. The predicted octanol–water partition coefficient (Wildman–Crippen LogP) is 0.396. The number of ether oxygens (including phenoxy) is 1. The summed E-state index contributed by atoms with van der Waals surface area (Å²) in [5, 5.41) is 14.0. The number of nitro benzene ring substituents is 1. The number of nitro groups is 1. The first-order chi connectivity index (χ1) is 12.6. The molecule has 0 spiro atoms. The summed E-state index contributed by atoms with van der Waals surface area (Å²) in [6, 6.07) is 6.01. The normalized spacial score (nSPS) is 20.8. The minimum Gasteiger partial charge on any atom is -0.477 e. The van der Waals surface area contributed by atoms with Crippen molar-refractivity contribution in [2.75, 3.05) is 39.3 Å². The topological polar surface area (TPSA) is 105 Å². The quantitative estimate of drug-likeness (QED) is 0.600. The Morgan fingerprint density at radius 2 is 2.15 bits per heavy atom. The molecular formula is C17H22N4O5. The fourth-order valence-corrected chi connectivity index (χ4v) is 3.40. The van der Waals surface area contributed by atoms with Gasteiger partial charge in [-0.25, -0.2) is 0 Å². The number of piperazine rings is 1. The number of benzene rings is 1. The molecular weight excluding hydrogens is 340 g/mol. The molecule has 140 valence electrons. The van der Waals surface area contributed by atoms with Crippen LogP contribution in [0.1, 0.15) is 12.8 Å². The van der Waals surface area contributed by atoms with Crippen LogP contribution in [-0.4, -0.2) is 71.9 Å². The average Bonchev–Trinajstić information content (AvgIpc) is 2.66. The number of nitrogens with one attached hydrogen (secondary N) is 1. The first-order valence-electron chi connectivity index (χ1n) is 8.70. The molecule has 2 fully saturated rings. The first kappa shape index (κ1) is 18.1. The molecule has 0 bridgehead atoms. The minimum atomic E-state index is -0.535. The Hall–Kier alpha value is -2.68. The Bertz CT molecular complexity index is 695. The van der Waals surface area contributed by atoms with Crippen LogP contribution in [0, 0.1) is 10.1 Å². The predicted molar refractivity (Wildman–Crippen MR) is 92.8 cm³/mol. The first-order valence-corrected chi connectivity index (χ1v) is 8.70. The highest BCUT2D eigenvalue weighted by Crippen LogP contribution is 2.26. The van der Waals surface area contributed by atoms with Gasteiger partial charge in [-0.3, -0.25) is 19.7 Å². The lowest BCUT2D eigenvalue weighted by Crippen LogP contribution is -2.57. The van der Waals surface area contributed by atoms with Crippen LogP contribution >= 0.6 is 0 Å². The molecule has 1 atom stereocenters. The van der Waals surface area contributed by atoms with Crippen LogP contribution in [-0.2, 0) is 9.59 Å². The van der Waals surface area contributed by atoms with Crippen LogP contribution in [0.5, 0.6) is 5.75 Å². The van der Waals surface area contributed by atoms with Crippen molar-refractivity contribution in [3.63, 3.8) is 0 Å². The van der Waals surface area contributed by atoms with E-state index in [-0.39, 0.29) is 35.9 Å². The minimum absolute atomic E-state index is 0.0216. The second kappa shape index (κ2) is 8.13. The smallest absolute Gasteiger partial charge is 0.310 e. The second-order valence-corrected chi connectivity index (χ2v) is 6.41. The molecule has 2 heterocycles. The highest BCUT2D eigenvalue weighted by atomic mass is 16.6. The molecule has 0 aliphatic carbocycles. The van der Waals surface area contributed by atoms with Gasteiger partial charge in [-0.1, -0.05) is 12.1 Å². The molecule has 1 aromatic carbocycles. The third-order valence-corrected chi connectivity index (χ3v) is 4.73. The third-order valence-electron chi connectivity index (χ3n) is 4.73. The van der Waals surface area contributed by atoms with Crippen molar-refractivity contribution in [1.82, 2.24) is 15.1 Å². The van der Waals surface area contributed by atoms with Crippen molar-refractivity contribution >= 4 is 17.5 Å². The summed E-state index contributed by atoms with van der Waals surface area (Å²) in [6.45, 7) is 2.58. The standard InChI is InChI=1S/C17H22N4O5/c22-16-10-18-7-9-20(16)13-4-3-8-19(11-13)17(23)12-26-15-6-2-1-5-14(15)21(24)25/h1-2,5-6,13,18H,3-4,7-12H2. The van der Waals surface area contributed by atoms with Gasteiger partial charge in [-0.15, -0.1) is 0 Å². The molecule has 2 saturated heterocycles. The molecule has 1 unspecified atom stereocenters. The van der Waals surface area contributed by atoms with Gasteiger partial charge in [-0.2, -0.15) is 0 Å². The number of amides is 2. The van der Waals surface area contributed by atoms with Gasteiger partial charge in [0.05, 0.1) is 11.5 Å². The number of piperidine rings is 1. The Balaban J connectivity index is 1.58. The van der Waals surface area contributed by atoms with Crippen molar-refractivity contribution in [2.45, 2.75) is 18.9 Å². The van der Waals surface area contributed by atoms with Crippen molar-refractivity contribution in [1.29, 1.82) is 0 Å². The lowest BCUT2D eigenvalue weighted by Gasteiger charge is -2.41. The zero-order valence-electron chi connectivity index (χ0n) is 14.4. The zero-order valence-corrected chi connectivity index (χ0v) is 14.4. The van der Waals surface area contributed by atoms with Crippen molar-refractivity contribution in [3.8, 4) is 5.75 Å². The summed E-state index contributed by atoms with van der Waals surface area (Å²) in [5.41, 5.74) is -0.164. The van der Waals surface area contributed by atoms with E-state index >= 15 is 0 Å². The molecule has 0 aromatic heterocycles. The van der Waals surface area contributed by atoms with E-state index in [1.807, 2.05) is 4.90 Å². The van der Waals surface area contributed by atoms with Gasteiger partial charge in [0.15, 0.2) is 12.4 Å². The van der Waals surface area contributed by atoms with Gasteiger partial charge >= 0.3 is 5.69 Å². The molecule has 9 heteroatoms. The average molecular weight is 362 g/mol. The van der Waals surface area contributed by atoms with E-state index in [9.17, 15) is 19.7 Å². The van der Waals surface area contributed by atoms with E-state index in [1.54, 1.807) is 17.0 Å². The van der Waals surface area contributed by atoms with Crippen LogP contribution in [0.2, 0.25) is 0 Å². The van der Waals surface area contributed by atoms with E-state index in [4.69, 9.17) is 4.74 Å². The summed E-state index contributed by atoms with van der Waals surface area (Å²) in [5.74, 6) is -0.0844. The number of rotatable bonds is 5. The number of carbonyl (C=O) groups is 2. The van der Waals surface area contributed by atoms with E-state index in [2.05, 4.69) is 5.32 Å². The number of likely N-dealkylation sites (tertiary alicyclic amines) is 1. The molecule has 2 aliphatic rings. The molecule has 3 rings (SSSR count). The molecule has 2 aliphatic heterocycles. The summed E-state index contributed by atoms with van der Waals surface area (Å²) in [6.07, 6.45) is 1.69. The number of para-hydroxylation sites is 2. The Morgan fingerprint density at radius 3 is 2.92 bits per heavy atom. The van der Waals surface area contributed by atoms with Crippen LogP contribution in [0.3, 0.4) is 0 Å². The van der Waals surface area contributed by atoms with Crippen LogP contribution in [0.4, 0.5) is 5.69 Å². The molecule has 1 aromatic rings. The van der Waals surface area contributed by atoms with Gasteiger partial charge in [0.25, 0.3) is 5.91 Å². The van der Waals surface area contributed by atoms with E-state index in [1.165, 1.54) is 12.1 Å². The number of carbonyl (C=O) groups excluding carboxylic acids is 2. The second-order valence-electron chi connectivity index (χ2n) is 6.41. The number of hydrogen-bond acceptors (Lipinski definition) is 6. The molecule has 26 heavy (non-hydrogen) atoms. The van der Waals surface area contributed by atoms with Gasteiger partial charge in [-0.05, 0) is 18.9 Å². The maximum Gasteiger partial charge on any atom is 0.310 e. The molecule has 0 saturated carbocycles. The molecule has 1 N–H and O–H groups in total. The summed E-state index contributed by atoms with van der Waals surface area (Å²) < 4.78 is 5.39. The molecule has 9 nitrogen and oxygen atoms in total. The third kappa shape index (κ3) is 4.10. The highest BCUT2D eigenvalue weighted by molar-refractivity contribution is 5.80. The lowest BCUT2D eigenvalue weighted by molar-refractivity contribution is -0.385. The van der Waals surface area contributed by atoms with E-state index in [0.29, 0.717) is 26.2 Å². The Labute approximate surface area is 151 Å². The van der Waals surface area contributed by atoms with Crippen LogP contribution in [0.25, 0.3) is 0 Å². The Kier molecular flexibility index (Phi) is 5.67. The largest absolute Gasteiger partial charge is 0.477 e. The summed E-state index contributed by atoms with van der Waals surface area (Å²) in [7, 11) is 0. The van der Waals surface area contributed by atoms with Gasteiger partial charge in [0, 0.05) is 38.3 Å². The van der Waals surface area contributed by atoms with Gasteiger partial charge < -0.3 is 19.9 Å². The monoisotopic (exact) mass is 362 g/mol. The maximum absolute atomic E-state index is 12.5. The van der Waals surface area contributed by atoms with E-state index in [0.717, 1.165) is 19.4 Å². The maximum atomic E-state index is 12.5. The zero-order chi connectivity index (χ0) is 18.5. The summed E-state index contributed by atoms with van der Waals surface area (Å²) >= 11 is 0. The molecule has 0 radical (unpaired) electrons. The lowest BCUT2D eigenvalue weighted by atomic mass is 10.0. The number of hydrogen-bond donors (Lipinski definition) is 1. The van der Waals surface area contributed by atoms with E-state index < -0.39 is 4.92 Å². The van der Waals surface area contributed by atoms with Crippen LogP contribution in [0.15, 0.2) is 24.3 Å². The SMILES string of the molecule is O=C(COc1ccccc1[N+](=O)[O-])N1CCCC(N2CCNCC2=O)C1. The van der Waals surface area contributed by atoms with Crippen LogP contribution < -0.4 is 10.1 Å².